The summed E-state index contributed by atoms with van der Waals surface area (Å²) < 4.78 is 63.5. The summed E-state index contributed by atoms with van der Waals surface area (Å²) in [6, 6.07) is 16.1. The van der Waals surface area contributed by atoms with Crippen LogP contribution in [0.15, 0.2) is 60.9 Å². The second-order valence-electron chi connectivity index (χ2n) is 9.51. The van der Waals surface area contributed by atoms with E-state index in [1.54, 1.807) is 0 Å². The number of carboxylic acids is 2. The molecule has 234 valence electrons. The van der Waals surface area contributed by atoms with Crippen molar-refractivity contribution in [3.63, 3.8) is 0 Å². The molecule has 1 fully saturated rings. The second kappa shape index (κ2) is 15.2. The summed E-state index contributed by atoms with van der Waals surface area (Å²) in [4.78, 5) is 36.8. The molecule has 2 aromatic carbocycles. The number of amides is 1. The van der Waals surface area contributed by atoms with Gasteiger partial charge in [0.05, 0.1) is 6.04 Å². The Morgan fingerprint density at radius 2 is 1.47 bits per heavy atom. The highest BCUT2D eigenvalue weighted by molar-refractivity contribution is 5.95. The molecule has 4 rings (SSSR count). The number of aryl methyl sites for hydroxylation is 1. The number of aromatic nitrogens is 1. The summed E-state index contributed by atoms with van der Waals surface area (Å²) in [5.74, 6) is -5.46. The van der Waals surface area contributed by atoms with Gasteiger partial charge >= 0.3 is 24.3 Å². The van der Waals surface area contributed by atoms with Gasteiger partial charge in [0.25, 0.3) is 0 Å². The lowest BCUT2D eigenvalue weighted by molar-refractivity contribution is -0.193. The number of anilines is 1. The monoisotopic (exact) mass is 616 g/mol. The van der Waals surface area contributed by atoms with E-state index in [0.717, 1.165) is 42.6 Å². The Kier molecular flexibility index (Phi) is 12.3. The standard InChI is InChI=1S/C24H28N4O.2C2HF3O2/c1-17-15-26-16-19-8-5-9-22(23(17)19)27-20-10-12-28(13-11-20)24(29)21(25)14-18-6-3-2-4-7-18;2*3-2(4,5)1(6)7/h2-9,15-16,20-21,27H,10-14,25H2,1H3;2*(H,6,7)/t21-;;/m0../s1. The predicted octanol–water partition coefficient (Wildman–Crippen LogP) is 4.78. The Morgan fingerprint density at radius 1 is 0.930 bits per heavy atom. The van der Waals surface area contributed by atoms with Crippen LogP contribution in [-0.2, 0) is 20.8 Å². The van der Waals surface area contributed by atoms with Gasteiger partial charge in [0.15, 0.2) is 0 Å². The third-order valence-electron chi connectivity index (χ3n) is 6.24. The van der Waals surface area contributed by atoms with Crippen LogP contribution >= 0.6 is 0 Å². The molecular formula is C28H30F6N4O5. The molecule has 0 spiro atoms. The zero-order chi connectivity index (χ0) is 32.4. The lowest BCUT2D eigenvalue weighted by Crippen LogP contribution is -2.49. The highest BCUT2D eigenvalue weighted by Crippen LogP contribution is 2.28. The van der Waals surface area contributed by atoms with Crippen LogP contribution in [0.1, 0.15) is 24.0 Å². The predicted molar refractivity (Wildman–Crippen MR) is 145 cm³/mol. The Hall–Kier alpha value is -4.40. The number of benzene rings is 2. The van der Waals surface area contributed by atoms with Crippen molar-refractivity contribution in [3.8, 4) is 0 Å². The van der Waals surface area contributed by atoms with E-state index in [4.69, 9.17) is 25.5 Å². The summed E-state index contributed by atoms with van der Waals surface area (Å²) in [5.41, 5.74) is 9.62. The molecular weight excluding hydrogens is 586 g/mol. The average Bonchev–Trinajstić information content (AvgIpc) is 2.93. The molecule has 2 heterocycles. The average molecular weight is 617 g/mol. The van der Waals surface area contributed by atoms with E-state index in [-0.39, 0.29) is 5.91 Å². The lowest BCUT2D eigenvalue weighted by Gasteiger charge is -2.34. The summed E-state index contributed by atoms with van der Waals surface area (Å²) in [6.07, 6.45) is -3.93. The molecule has 0 aliphatic carbocycles. The van der Waals surface area contributed by atoms with Crippen molar-refractivity contribution >= 4 is 34.3 Å². The Balaban J connectivity index is 0.000000384. The molecule has 0 radical (unpaired) electrons. The maximum absolute atomic E-state index is 12.8. The van der Waals surface area contributed by atoms with Gasteiger partial charge in [-0.2, -0.15) is 26.3 Å². The number of piperidine rings is 1. The highest BCUT2D eigenvalue weighted by atomic mass is 19.4. The van der Waals surface area contributed by atoms with Crippen molar-refractivity contribution in [3.05, 3.63) is 72.1 Å². The minimum Gasteiger partial charge on any atom is -0.475 e. The van der Waals surface area contributed by atoms with E-state index < -0.39 is 30.3 Å². The van der Waals surface area contributed by atoms with Gasteiger partial charge in [0.2, 0.25) is 5.91 Å². The SMILES string of the molecule is Cc1cncc2cccc(NC3CCN(C(=O)[C@@H](N)Cc4ccccc4)CC3)c12.O=C(O)C(F)(F)F.O=C(O)C(F)(F)F. The topological polar surface area (TPSA) is 146 Å². The molecule has 3 aromatic rings. The number of alkyl halides is 6. The van der Waals surface area contributed by atoms with Gasteiger partial charge in [-0.3, -0.25) is 9.78 Å². The number of hydrogen-bond acceptors (Lipinski definition) is 6. The smallest absolute Gasteiger partial charge is 0.475 e. The molecule has 0 bridgehead atoms. The fraction of sp³-hybridized carbons (Fsp3) is 0.357. The van der Waals surface area contributed by atoms with Crippen LogP contribution in [0.25, 0.3) is 10.8 Å². The third kappa shape index (κ3) is 11.1. The molecule has 15 heteroatoms. The molecule has 0 saturated carbocycles. The number of aliphatic carboxylic acids is 2. The maximum atomic E-state index is 12.8. The molecule has 5 N–H and O–H groups in total. The number of halogens is 6. The molecule has 1 aromatic heterocycles. The van der Waals surface area contributed by atoms with E-state index in [2.05, 4.69) is 35.4 Å². The second-order valence-corrected chi connectivity index (χ2v) is 9.51. The van der Waals surface area contributed by atoms with Crippen LogP contribution in [-0.4, -0.2) is 75.5 Å². The molecule has 1 aliphatic heterocycles. The summed E-state index contributed by atoms with van der Waals surface area (Å²) in [6.45, 7) is 3.57. The fourth-order valence-corrected chi connectivity index (χ4v) is 4.19. The number of nitrogens with two attached hydrogens (primary N) is 1. The van der Waals surface area contributed by atoms with Crippen LogP contribution in [0, 0.1) is 6.92 Å². The van der Waals surface area contributed by atoms with Gasteiger partial charge in [-0.1, -0.05) is 42.5 Å². The van der Waals surface area contributed by atoms with E-state index in [1.807, 2.05) is 47.6 Å². The Morgan fingerprint density at radius 3 is 1.98 bits per heavy atom. The molecule has 1 aliphatic rings. The number of carboxylic acid groups (broad SMARTS) is 2. The largest absolute Gasteiger partial charge is 0.490 e. The first-order chi connectivity index (χ1) is 20.0. The van der Waals surface area contributed by atoms with Crippen LogP contribution in [0.2, 0.25) is 0 Å². The first-order valence-electron chi connectivity index (χ1n) is 12.8. The van der Waals surface area contributed by atoms with Crippen molar-refractivity contribution in [1.29, 1.82) is 0 Å². The van der Waals surface area contributed by atoms with Gasteiger partial charge in [0.1, 0.15) is 0 Å². The minimum atomic E-state index is -5.08. The maximum Gasteiger partial charge on any atom is 0.490 e. The van der Waals surface area contributed by atoms with Crippen molar-refractivity contribution in [2.24, 2.45) is 5.73 Å². The van der Waals surface area contributed by atoms with Gasteiger partial charge < -0.3 is 26.2 Å². The number of pyridine rings is 1. The molecule has 9 nitrogen and oxygen atoms in total. The quantitative estimate of drug-likeness (QED) is 0.300. The zero-order valence-electron chi connectivity index (χ0n) is 22.8. The van der Waals surface area contributed by atoms with E-state index in [0.29, 0.717) is 12.5 Å². The zero-order valence-corrected chi connectivity index (χ0v) is 22.8. The summed E-state index contributed by atoms with van der Waals surface area (Å²) in [5, 5.41) is 20.3. The molecule has 1 amide bonds. The Bertz CT molecular complexity index is 1350. The minimum absolute atomic E-state index is 0.0550. The normalized spacial score (nSPS) is 14.5. The van der Waals surface area contributed by atoms with Crippen molar-refractivity contribution < 1.29 is 50.9 Å². The number of rotatable bonds is 5. The first kappa shape index (κ1) is 34.8. The lowest BCUT2D eigenvalue weighted by atomic mass is 10.0. The van der Waals surface area contributed by atoms with Crippen LogP contribution in [0.4, 0.5) is 32.0 Å². The van der Waals surface area contributed by atoms with E-state index >= 15 is 0 Å². The van der Waals surface area contributed by atoms with Crippen LogP contribution in [0.3, 0.4) is 0 Å². The van der Waals surface area contributed by atoms with E-state index in [9.17, 15) is 31.1 Å². The Labute approximate surface area is 242 Å². The molecule has 0 unspecified atom stereocenters. The number of nitrogens with one attached hydrogen (secondary N) is 1. The van der Waals surface area contributed by atoms with Gasteiger partial charge in [-0.25, -0.2) is 9.59 Å². The number of carbonyl (C=O) groups excluding carboxylic acids is 1. The third-order valence-corrected chi connectivity index (χ3v) is 6.24. The highest BCUT2D eigenvalue weighted by Gasteiger charge is 2.39. The number of nitrogens with zero attached hydrogens (tertiary/aromatic N) is 2. The first-order valence-corrected chi connectivity index (χ1v) is 12.8. The van der Waals surface area contributed by atoms with Crippen molar-refractivity contribution in [2.75, 3.05) is 18.4 Å². The number of carbonyl (C=O) groups is 3. The summed E-state index contributed by atoms with van der Waals surface area (Å²) in [7, 11) is 0. The fourth-order valence-electron chi connectivity index (χ4n) is 4.19. The molecule has 1 atom stereocenters. The number of hydrogen-bond donors (Lipinski definition) is 4. The van der Waals surface area contributed by atoms with Crippen molar-refractivity contribution in [2.45, 2.75) is 50.6 Å². The summed E-state index contributed by atoms with van der Waals surface area (Å²) >= 11 is 0. The number of likely N-dealkylation sites (tertiary alicyclic amines) is 1. The molecule has 43 heavy (non-hydrogen) atoms. The number of fused-ring (bicyclic) bond motifs is 1. The van der Waals surface area contributed by atoms with Gasteiger partial charge in [-0.15, -0.1) is 0 Å². The van der Waals surface area contributed by atoms with Gasteiger partial charge in [-0.05, 0) is 43.4 Å². The van der Waals surface area contributed by atoms with Gasteiger partial charge in [0, 0.05) is 48.0 Å². The molecule has 1 saturated heterocycles. The van der Waals surface area contributed by atoms with Crippen molar-refractivity contribution in [1.82, 2.24) is 9.88 Å². The van der Waals surface area contributed by atoms with Crippen LogP contribution < -0.4 is 11.1 Å². The van der Waals surface area contributed by atoms with Crippen LogP contribution in [0.5, 0.6) is 0 Å². The van der Waals surface area contributed by atoms with E-state index in [1.165, 1.54) is 10.9 Å².